The first-order valence-corrected chi connectivity index (χ1v) is 5.01. The molecule has 0 aliphatic heterocycles. The third kappa shape index (κ3) is 5.10. The molecule has 0 unspecified atom stereocenters. The maximum atomic E-state index is 13.0. The smallest absolute Gasteiger partial charge is 0.422 e. The largest absolute Gasteiger partial charge is 0.454 e. The van der Waals surface area contributed by atoms with Crippen LogP contribution >= 0.6 is 0 Å². The van der Waals surface area contributed by atoms with Crippen molar-refractivity contribution in [3.8, 4) is 5.75 Å². The summed E-state index contributed by atoms with van der Waals surface area (Å²) in [5, 5.41) is 0. The molecular weight excluding hydrogens is 227 g/mol. The highest BCUT2D eigenvalue weighted by molar-refractivity contribution is 6.30. The third-order valence-electron chi connectivity index (χ3n) is 1.67. The van der Waals surface area contributed by atoms with Gasteiger partial charge >= 0.3 is 11.9 Å². The van der Waals surface area contributed by atoms with Crippen molar-refractivity contribution < 1.29 is 23.5 Å². The van der Waals surface area contributed by atoms with Crippen LogP contribution in [0, 0.1) is 0 Å². The van der Waals surface area contributed by atoms with Gasteiger partial charge in [0.1, 0.15) is 18.0 Å². The number of rotatable bonds is 3. The molecule has 0 saturated carbocycles. The Kier molecular flexibility index (Phi) is 4.20. The van der Waals surface area contributed by atoms with Crippen molar-refractivity contribution in [1.29, 1.82) is 0 Å². The number of esters is 2. The second kappa shape index (κ2) is 5.43. The van der Waals surface area contributed by atoms with E-state index in [1.165, 1.54) is 26.0 Å². The number of alkyl halides is 1. The molecule has 1 rings (SSSR count). The molecule has 1 aromatic carbocycles. The lowest BCUT2D eigenvalue weighted by Crippen LogP contribution is -2.29. The highest BCUT2D eigenvalue weighted by Gasteiger charge is 2.23. The van der Waals surface area contributed by atoms with Gasteiger partial charge in [0.15, 0.2) is 0 Å². The van der Waals surface area contributed by atoms with Crippen molar-refractivity contribution in [2.75, 3.05) is 6.61 Å². The Bertz CT molecular complexity index is 395. The second-order valence-corrected chi connectivity index (χ2v) is 4.00. The fraction of sp³-hybridized carbons (Fsp3) is 0.333. The summed E-state index contributed by atoms with van der Waals surface area (Å²) in [6.45, 7) is 1.99. The van der Waals surface area contributed by atoms with Crippen LogP contribution in [0.1, 0.15) is 13.8 Å². The van der Waals surface area contributed by atoms with Gasteiger partial charge in [-0.3, -0.25) is 0 Å². The number of carbonyl (C=O) groups excluding carboxylic acids is 2. The number of hydrogen-bond acceptors (Lipinski definition) is 4. The van der Waals surface area contributed by atoms with Crippen molar-refractivity contribution in [3.63, 3.8) is 0 Å². The van der Waals surface area contributed by atoms with Gasteiger partial charge in [-0.2, -0.15) is 0 Å². The maximum absolute atomic E-state index is 13.0. The SMILES string of the molecule is CC(C)(F)COC(=O)C(=O)Oc1ccccc1. The minimum Gasteiger partial charge on any atom is -0.454 e. The first-order chi connectivity index (χ1) is 7.88. The van der Waals surface area contributed by atoms with Crippen LogP contribution in [-0.4, -0.2) is 24.2 Å². The first kappa shape index (κ1) is 13.2. The van der Waals surface area contributed by atoms with E-state index in [0.29, 0.717) is 0 Å². The highest BCUT2D eigenvalue weighted by atomic mass is 19.1. The average Bonchev–Trinajstić information content (AvgIpc) is 2.26. The number of hydrogen-bond donors (Lipinski definition) is 0. The van der Waals surface area contributed by atoms with Gasteiger partial charge in [0.25, 0.3) is 0 Å². The van der Waals surface area contributed by atoms with Crippen molar-refractivity contribution in [2.45, 2.75) is 19.5 Å². The number of carbonyl (C=O) groups is 2. The van der Waals surface area contributed by atoms with Crippen molar-refractivity contribution in [1.82, 2.24) is 0 Å². The zero-order chi connectivity index (χ0) is 12.9. The van der Waals surface area contributed by atoms with E-state index in [0.717, 1.165) is 0 Å². The van der Waals surface area contributed by atoms with E-state index in [4.69, 9.17) is 4.74 Å². The Hall–Kier alpha value is -1.91. The molecule has 5 heteroatoms. The minimum absolute atomic E-state index is 0.231. The molecule has 92 valence electrons. The summed E-state index contributed by atoms with van der Waals surface area (Å²) >= 11 is 0. The fourth-order valence-electron chi connectivity index (χ4n) is 0.933. The van der Waals surface area contributed by atoms with Crippen LogP contribution in [0.4, 0.5) is 4.39 Å². The minimum atomic E-state index is -1.68. The molecule has 0 heterocycles. The molecule has 0 spiro atoms. The monoisotopic (exact) mass is 240 g/mol. The van der Waals surface area contributed by atoms with Crippen LogP contribution in [0.2, 0.25) is 0 Å². The van der Waals surface area contributed by atoms with Gasteiger partial charge in [-0.25, -0.2) is 14.0 Å². The lowest BCUT2D eigenvalue weighted by Gasteiger charge is -2.13. The lowest BCUT2D eigenvalue weighted by molar-refractivity contribution is -0.164. The van der Waals surface area contributed by atoms with E-state index in [1.807, 2.05) is 0 Å². The van der Waals surface area contributed by atoms with Gasteiger partial charge in [0, 0.05) is 0 Å². The van der Waals surface area contributed by atoms with Gasteiger partial charge in [-0.05, 0) is 26.0 Å². The quantitative estimate of drug-likeness (QED) is 0.460. The lowest BCUT2D eigenvalue weighted by atomic mass is 10.2. The summed E-state index contributed by atoms with van der Waals surface area (Å²) in [4.78, 5) is 22.3. The number of para-hydroxylation sites is 1. The maximum Gasteiger partial charge on any atom is 0.422 e. The van der Waals surface area contributed by atoms with Gasteiger partial charge in [0.05, 0.1) is 0 Å². The fourth-order valence-corrected chi connectivity index (χ4v) is 0.933. The highest BCUT2D eigenvalue weighted by Crippen LogP contribution is 2.10. The molecule has 0 aliphatic rings. The third-order valence-corrected chi connectivity index (χ3v) is 1.67. The number of halogens is 1. The summed E-state index contributed by atoms with van der Waals surface area (Å²) in [5.41, 5.74) is -1.68. The Morgan fingerprint density at radius 1 is 1.18 bits per heavy atom. The Labute approximate surface area is 98.3 Å². The summed E-state index contributed by atoms with van der Waals surface area (Å²) in [7, 11) is 0. The van der Waals surface area contributed by atoms with Crippen molar-refractivity contribution >= 4 is 11.9 Å². The average molecular weight is 240 g/mol. The van der Waals surface area contributed by atoms with Gasteiger partial charge < -0.3 is 9.47 Å². The molecule has 0 amide bonds. The van der Waals surface area contributed by atoms with Crippen molar-refractivity contribution in [3.05, 3.63) is 30.3 Å². The van der Waals surface area contributed by atoms with Gasteiger partial charge in [-0.1, -0.05) is 18.2 Å². The molecule has 0 bridgehead atoms. The number of benzene rings is 1. The zero-order valence-corrected chi connectivity index (χ0v) is 9.60. The molecule has 0 N–H and O–H groups in total. The molecule has 0 aliphatic carbocycles. The van der Waals surface area contributed by atoms with E-state index >= 15 is 0 Å². The van der Waals surface area contributed by atoms with Crippen LogP contribution in [0.5, 0.6) is 5.75 Å². The Balaban J connectivity index is 2.46. The summed E-state index contributed by atoms with van der Waals surface area (Å²) in [6.07, 6.45) is 0. The Morgan fingerprint density at radius 3 is 2.29 bits per heavy atom. The number of ether oxygens (including phenoxy) is 2. The zero-order valence-electron chi connectivity index (χ0n) is 9.60. The summed E-state index contributed by atoms with van der Waals surface area (Å²) < 4.78 is 22.2. The van der Waals surface area contributed by atoms with E-state index in [9.17, 15) is 14.0 Å². The van der Waals surface area contributed by atoms with Crippen molar-refractivity contribution in [2.24, 2.45) is 0 Å². The Morgan fingerprint density at radius 2 is 1.76 bits per heavy atom. The summed E-state index contributed by atoms with van der Waals surface area (Å²) in [5.74, 6) is -2.14. The van der Waals surface area contributed by atoms with E-state index in [2.05, 4.69) is 4.74 Å². The molecule has 0 atom stereocenters. The van der Waals surface area contributed by atoms with E-state index in [1.54, 1.807) is 18.2 Å². The van der Waals surface area contributed by atoms with E-state index in [-0.39, 0.29) is 5.75 Å². The predicted molar refractivity (Wildman–Crippen MR) is 58.2 cm³/mol. The van der Waals surface area contributed by atoms with Crippen LogP contribution in [0.15, 0.2) is 30.3 Å². The molecule has 0 fully saturated rings. The van der Waals surface area contributed by atoms with Crippen LogP contribution in [0.3, 0.4) is 0 Å². The molecule has 4 nitrogen and oxygen atoms in total. The molecule has 1 aromatic rings. The molecular formula is C12H13FO4. The summed E-state index contributed by atoms with van der Waals surface area (Å²) in [6, 6.07) is 8.08. The van der Waals surface area contributed by atoms with E-state index < -0.39 is 24.2 Å². The molecule has 17 heavy (non-hydrogen) atoms. The van der Waals surface area contributed by atoms with Gasteiger partial charge in [0.2, 0.25) is 0 Å². The van der Waals surface area contributed by atoms with Gasteiger partial charge in [-0.15, -0.1) is 0 Å². The normalized spacial score (nSPS) is 10.8. The molecule has 0 radical (unpaired) electrons. The molecule has 0 aromatic heterocycles. The standard InChI is InChI=1S/C12H13FO4/c1-12(2,13)8-16-10(14)11(15)17-9-6-4-3-5-7-9/h3-7H,8H2,1-2H3. The predicted octanol–water partition coefficient (Wildman–Crippen LogP) is 1.88. The molecule has 0 saturated heterocycles. The topological polar surface area (TPSA) is 52.6 Å². The first-order valence-electron chi connectivity index (χ1n) is 5.01. The second-order valence-electron chi connectivity index (χ2n) is 4.00. The van der Waals surface area contributed by atoms with Crippen LogP contribution < -0.4 is 4.74 Å². The van der Waals surface area contributed by atoms with Crippen LogP contribution in [-0.2, 0) is 14.3 Å². The van der Waals surface area contributed by atoms with Crippen LogP contribution in [0.25, 0.3) is 0 Å².